The summed E-state index contributed by atoms with van der Waals surface area (Å²) in [6.45, 7) is 3.34. The van der Waals surface area contributed by atoms with Gasteiger partial charge in [-0.15, -0.1) is 0 Å². The molecule has 200 valence electrons. The second-order valence-corrected chi connectivity index (χ2v) is 11.5. The monoisotopic (exact) mass is 554 g/mol. The van der Waals surface area contributed by atoms with Crippen LogP contribution in [-0.4, -0.2) is 75.4 Å². The number of hydrogen-bond donors (Lipinski definition) is 0. The lowest BCUT2D eigenvalue weighted by molar-refractivity contribution is 0.0985. The molecular weight excluding hydrogens is 524 g/mol. The molecule has 3 aromatic rings. The number of ether oxygens (including phenoxy) is 1. The number of hydrogen-bond acceptors (Lipinski definition) is 9. The Morgan fingerprint density at radius 2 is 1.66 bits per heavy atom. The van der Waals surface area contributed by atoms with Gasteiger partial charge in [-0.3, -0.25) is 9.69 Å². The molecule has 0 N–H and O–H groups in total. The van der Waals surface area contributed by atoms with Crippen molar-refractivity contribution < 1.29 is 17.9 Å². The van der Waals surface area contributed by atoms with Crippen molar-refractivity contribution in [2.45, 2.75) is 24.7 Å². The van der Waals surface area contributed by atoms with Gasteiger partial charge in [0.15, 0.2) is 5.13 Å². The Hall–Kier alpha value is -3.55. The number of aromatic nitrogens is 1. The van der Waals surface area contributed by atoms with Crippen LogP contribution < -0.4 is 9.64 Å². The van der Waals surface area contributed by atoms with E-state index in [9.17, 15) is 13.2 Å². The number of para-hydroxylation sites is 1. The molecule has 0 aliphatic rings. The number of carbonyl (C=O) groups is 1. The molecule has 0 fully saturated rings. The Morgan fingerprint density at radius 3 is 2.24 bits per heavy atom. The average Bonchev–Trinajstić information content (AvgIpc) is 3.33. The standard InChI is InChI=1S/C26H30N6O4S2/c1-4-36-22-8-5-9-23-24(22)29-26(37-23)32(19-18-30(2)3)25(33)20-10-12-21(13-11-20)38(34,35)31(16-6-14-27)17-7-15-28/h5,8-13H,4,6-7,16-19H2,1-3H3. The van der Waals surface area contributed by atoms with Crippen LogP contribution in [-0.2, 0) is 10.0 Å². The highest BCUT2D eigenvalue weighted by molar-refractivity contribution is 7.89. The molecule has 0 spiro atoms. The third-order valence-corrected chi connectivity index (χ3v) is 8.56. The van der Waals surface area contributed by atoms with Gasteiger partial charge >= 0.3 is 0 Å². The van der Waals surface area contributed by atoms with Gasteiger partial charge in [0.2, 0.25) is 10.0 Å². The summed E-state index contributed by atoms with van der Waals surface area (Å²) < 4.78 is 34.0. The molecule has 1 aromatic heterocycles. The Labute approximate surface area is 227 Å². The molecule has 2 aromatic carbocycles. The highest BCUT2D eigenvalue weighted by Crippen LogP contribution is 2.35. The zero-order valence-corrected chi connectivity index (χ0v) is 23.3. The van der Waals surface area contributed by atoms with E-state index in [0.717, 1.165) is 9.01 Å². The van der Waals surface area contributed by atoms with E-state index < -0.39 is 10.0 Å². The molecule has 38 heavy (non-hydrogen) atoms. The van der Waals surface area contributed by atoms with Crippen molar-refractivity contribution in [3.63, 3.8) is 0 Å². The van der Waals surface area contributed by atoms with E-state index in [1.165, 1.54) is 35.6 Å². The lowest BCUT2D eigenvalue weighted by Gasteiger charge is -2.22. The summed E-state index contributed by atoms with van der Waals surface area (Å²) >= 11 is 1.39. The van der Waals surface area contributed by atoms with Gasteiger partial charge in [-0.2, -0.15) is 14.8 Å². The number of anilines is 1. The first-order valence-corrected chi connectivity index (χ1v) is 14.3. The number of sulfonamides is 1. The van der Waals surface area contributed by atoms with E-state index in [-0.39, 0.29) is 36.7 Å². The zero-order valence-electron chi connectivity index (χ0n) is 21.6. The molecule has 1 amide bonds. The molecule has 12 heteroatoms. The fourth-order valence-electron chi connectivity index (χ4n) is 3.66. The number of amides is 1. The number of carbonyl (C=O) groups excluding carboxylic acids is 1. The van der Waals surface area contributed by atoms with Crippen molar-refractivity contribution in [3.8, 4) is 17.9 Å². The third-order valence-electron chi connectivity index (χ3n) is 5.60. The van der Waals surface area contributed by atoms with Crippen molar-refractivity contribution in [1.82, 2.24) is 14.2 Å². The van der Waals surface area contributed by atoms with Crippen LogP contribution in [0.1, 0.15) is 30.1 Å². The number of rotatable bonds is 13. The number of benzene rings is 2. The maximum atomic E-state index is 13.6. The summed E-state index contributed by atoms with van der Waals surface area (Å²) in [7, 11) is -0.104. The molecule has 0 aliphatic carbocycles. The van der Waals surface area contributed by atoms with E-state index in [4.69, 9.17) is 20.2 Å². The number of fused-ring (bicyclic) bond motifs is 1. The quantitative estimate of drug-likeness (QED) is 0.312. The molecule has 0 aliphatic heterocycles. The summed E-state index contributed by atoms with van der Waals surface area (Å²) in [6, 6.07) is 15.2. The normalized spacial score (nSPS) is 11.4. The van der Waals surface area contributed by atoms with Gasteiger partial charge in [0.1, 0.15) is 11.3 Å². The van der Waals surface area contributed by atoms with Crippen molar-refractivity contribution in [2.24, 2.45) is 0 Å². The summed E-state index contributed by atoms with van der Waals surface area (Å²) in [5.74, 6) is 0.345. The molecule has 3 rings (SSSR count). The number of likely N-dealkylation sites (N-methyl/N-ethyl adjacent to an activating group) is 1. The number of nitrogens with zero attached hydrogens (tertiary/aromatic N) is 6. The Kier molecular flexibility index (Phi) is 10.2. The Morgan fingerprint density at radius 1 is 1.00 bits per heavy atom. The summed E-state index contributed by atoms with van der Waals surface area (Å²) in [4.78, 5) is 21.9. The largest absolute Gasteiger partial charge is 0.492 e. The minimum absolute atomic E-state index is 0.00823. The number of thiazole rings is 1. The van der Waals surface area contributed by atoms with Gasteiger partial charge < -0.3 is 9.64 Å². The second-order valence-electron chi connectivity index (χ2n) is 8.54. The average molecular weight is 555 g/mol. The predicted molar refractivity (Wildman–Crippen MR) is 147 cm³/mol. The van der Waals surface area contributed by atoms with Gasteiger partial charge in [-0.25, -0.2) is 13.4 Å². The van der Waals surface area contributed by atoms with Crippen molar-refractivity contribution in [2.75, 3.05) is 51.8 Å². The molecular formula is C26H30N6O4S2. The third kappa shape index (κ3) is 6.85. The molecule has 0 unspecified atom stereocenters. The van der Waals surface area contributed by atoms with Crippen LogP contribution >= 0.6 is 11.3 Å². The van der Waals surface area contributed by atoms with Gasteiger partial charge in [-0.1, -0.05) is 17.4 Å². The molecule has 0 saturated carbocycles. The molecule has 0 atom stereocenters. The second kappa shape index (κ2) is 13.3. The highest BCUT2D eigenvalue weighted by Gasteiger charge is 2.26. The van der Waals surface area contributed by atoms with E-state index in [1.807, 2.05) is 56.3 Å². The van der Waals surface area contributed by atoms with Crippen molar-refractivity contribution in [3.05, 3.63) is 48.0 Å². The topological polar surface area (TPSA) is 131 Å². The van der Waals surface area contributed by atoms with Gasteiger partial charge in [0, 0.05) is 44.6 Å². The Bertz CT molecular complexity index is 1420. The molecule has 0 bridgehead atoms. The molecule has 1 heterocycles. The summed E-state index contributed by atoms with van der Waals surface area (Å²) in [5.41, 5.74) is 1.00. The smallest absolute Gasteiger partial charge is 0.260 e. The first-order chi connectivity index (χ1) is 18.2. The lowest BCUT2D eigenvalue weighted by Crippen LogP contribution is -2.37. The zero-order chi connectivity index (χ0) is 27.7. The van der Waals surface area contributed by atoms with Crippen LogP contribution in [0.5, 0.6) is 5.75 Å². The van der Waals surface area contributed by atoms with Crippen LogP contribution in [0.3, 0.4) is 0 Å². The highest BCUT2D eigenvalue weighted by atomic mass is 32.2. The fourth-order valence-corrected chi connectivity index (χ4v) is 6.11. The van der Waals surface area contributed by atoms with Gasteiger partial charge in [0.25, 0.3) is 5.91 Å². The molecule has 10 nitrogen and oxygen atoms in total. The van der Waals surface area contributed by atoms with Gasteiger partial charge in [0.05, 0.1) is 28.3 Å². The minimum Gasteiger partial charge on any atom is -0.492 e. The van der Waals surface area contributed by atoms with Gasteiger partial charge in [-0.05, 0) is 57.4 Å². The minimum atomic E-state index is -3.93. The van der Waals surface area contributed by atoms with Crippen molar-refractivity contribution >= 4 is 42.6 Å². The SMILES string of the molecule is CCOc1cccc2sc(N(CCN(C)C)C(=O)c3ccc(S(=O)(=O)N(CCC#N)CCC#N)cc3)nc12. The summed E-state index contributed by atoms with van der Waals surface area (Å²) in [5, 5.41) is 18.3. The summed E-state index contributed by atoms with van der Waals surface area (Å²) in [6.07, 6.45) is 0.0183. The molecule has 0 saturated heterocycles. The maximum Gasteiger partial charge on any atom is 0.260 e. The lowest BCUT2D eigenvalue weighted by atomic mass is 10.2. The van der Waals surface area contributed by atoms with E-state index in [1.54, 1.807) is 4.90 Å². The van der Waals surface area contributed by atoms with Crippen LogP contribution in [0.25, 0.3) is 10.2 Å². The van der Waals surface area contributed by atoms with Crippen LogP contribution in [0.2, 0.25) is 0 Å². The fraction of sp³-hybridized carbons (Fsp3) is 0.385. The van der Waals surface area contributed by atoms with E-state index >= 15 is 0 Å². The number of nitriles is 2. The van der Waals surface area contributed by atoms with Crippen LogP contribution in [0, 0.1) is 22.7 Å². The van der Waals surface area contributed by atoms with E-state index in [2.05, 4.69) is 0 Å². The van der Waals surface area contributed by atoms with Crippen LogP contribution in [0.15, 0.2) is 47.4 Å². The first-order valence-electron chi connectivity index (χ1n) is 12.1. The Balaban J connectivity index is 1.93. The van der Waals surface area contributed by atoms with E-state index in [0.29, 0.717) is 41.7 Å². The van der Waals surface area contributed by atoms with Crippen LogP contribution in [0.4, 0.5) is 5.13 Å². The first kappa shape index (κ1) is 29.0. The predicted octanol–water partition coefficient (Wildman–Crippen LogP) is 3.72. The maximum absolute atomic E-state index is 13.6. The molecule has 0 radical (unpaired) electrons. The van der Waals surface area contributed by atoms with Crippen molar-refractivity contribution in [1.29, 1.82) is 10.5 Å².